The molecule has 0 spiro atoms. The maximum absolute atomic E-state index is 10.5. The first kappa shape index (κ1) is 11.2. The van der Waals surface area contributed by atoms with Gasteiger partial charge in [0, 0.05) is 0 Å². The van der Waals surface area contributed by atoms with Crippen molar-refractivity contribution in [2.24, 2.45) is 0 Å². The van der Waals surface area contributed by atoms with Crippen molar-refractivity contribution in [2.75, 3.05) is 0 Å². The Kier molecular flexibility index (Phi) is 3.65. The maximum Gasteiger partial charge on any atom is 0.336 e. The van der Waals surface area contributed by atoms with Crippen LogP contribution in [0.4, 0.5) is 0 Å². The van der Waals surface area contributed by atoms with Gasteiger partial charge < -0.3 is 10.2 Å². The fourth-order valence-corrected chi connectivity index (χ4v) is 0.856. The van der Waals surface area contributed by atoms with Crippen molar-refractivity contribution in [1.29, 1.82) is 0 Å². The molecule has 13 heavy (non-hydrogen) atoms. The lowest BCUT2D eigenvalue weighted by Crippen LogP contribution is -2.06. The molecule has 0 saturated heterocycles. The van der Waals surface area contributed by atoms with Crippen molar-refractivity contribution in [2.45, 2.75) is 0 Å². The van der Waals surface area contributed by atoms with Crippen LogP contribution in [0.25, 0.3) is 0 Å². The second kappa shape index (κ2) is 4.25. The van der Waals surface area contributed by atoms with Gasteiger partial charge in [-0.1, -0.05) is 12.1 Å². The average molecular weight is 179 g/mol. The molecule has 4 heteroatoms. The molecule has 4 nitrogen and oxygen atoms in total. The quantitative estimate of drug-likeness (QED) is 0.717. The fourth-order valence-electron chi connectivity index (χ4n) is 0.856. The van der Waals surface area contributed by atoms with Gasteiger partial charge in [-0.25, -0.2) is 9.59 Å². The molecule has 67 valence electrons. The molecule has 0 saturated carbocycles. The van der Waals surface area contributed by atoms with Gasteiger partial charge >= 0.3 is 11.9 Å². The highest BCUT2D eigenvalue weighted by molar-refractivity contribution is 6.01. The summed E-state index contributed by atoms with van der Waals surface area (Å²) < 4.78 is 0. The van der Waals surface area contributed by atoms with Crippen molar-refractivity contribution in [1.82, 2.24) is 0 Å². The van der Waals surface area contributed by atoms with Crippen molar-refractivity contribution in [3.63, 3.8) is 0 Å². The first-order chi connectivity index (χ1) is 5.63. The van der Waals surface area contributed by atoms with E-state index in [2.05, 4.69) is 0 Å². The van der Waals surface area contributed by atoms with Crippen molar-refractivity contribution < 1.29 is 19.8 Å². The molecular formula is C9H7O4. The zero-order valence-corrected chi connectivity index (χ0v) is 6.60. The molecule has 3 radical (unpaired) electrons. The first-order valence-corrected chi connectivity index (χ1v) is 3.18. The van der Waals surface area contributed by atoms with E-state index in [9.17, 15) is 9.59 Å². The Morgan fingerprint density at radius 1 is 0.923 bits per heavy atom. The molecule has 0 heterocycles. The largest absolute Gasteiger partial charge is 0.478 e. The molecule has 1 aromatic carbocycles. The Morgan fingerprint density at radius 2 is 1.23 bits per heavy atom. The number of benzene rings is 1. The number of carboxylic acids is 2. The molecule has 0 unspecified atom stereocenters. The summed E-state index contributed by atoms with van der Waals surface area (Å²) in [6.07, 6.45) is 0. The molecule has 0 amide bonds. The lowest BCUT2D eigenvalue weighted by atomic mass is 10.1. The minimum absolute atomic E-state index is 0. The molecule has 0 aliphatic heterocycles. The predicted octanol–water partition coefficient (Wildman–Crippen LogP) is 1.29. The lowest BCUT2D eigenvalue weighted by Gasteiger charge is -1.98. The van der Waals surface area contributed by atoms with Crippen LogP contribution in [-0.4, -0.2) is 22.2 Å². The predicted molar refractivity (Wildman–Crippen MR) is 44.7 cm³/mol. The maximum atomic E-state index is 10.5. The Hall–Kier alpha value is -1.84. The highest BCUT2D eigenvalue weighted by Crippen LogP contribution is 2.07. The van der Waals surface area contributed by atoms with E-state index in [1.165, 1.54) is 24.3 Å². The Labute approximate surface area is 75.4 Å². The monoisotopic (exact) mass is 179 g/mol. The van der Waals surface area contributed by atoms with E-state index < -0.39 is 11.9 Å². The van der Waals surface area contributed by atoms with Crippen molar-refractivity contribution in [3.05, 3.63) is 42.8 Å². The molecule has 0 aliphatic rings. The molecule has 2 N–H and O–H groups in total. The third-order valence-electron chi connectivity index (χ3n) is 1.39. The molecule has 1 aromatic rings. The minimum atomic E-state index is -1.23. The number of aromatic carboxylic acids is 2. The van der Waals surface area contributed by atoms with E-state index in [1.807, 2.05) is 0 Å². The highest BCUT2D eigenvalue weighted by Gasteiger charge is 2.13. The van der Waals surface area contributed by atoms with Crippen LogP contribution in [0, 0.1) is 7.43 Å². The summed E-state index contributed by atoms with van der Waals surface area (Å²) in [4.78, 5) is 20.9. The molecule has 0 fully saturated rings. The number of carbonyl (C=O) groups is 2. The smallest absolute Gasteiger partial charge is 0.336 e. The van der Waals surface area contributed by atoms with Crippen molar-refractivity contribution in [3.8, 4) is 0 Å². The summed E-state index contributed by atoms with van der Waals surface area (Å²) in [6.45, 7) is 0. The third-order valence-corrected chi connectivity index (χ3v) is 1.39. The molecule has 0 aromatic heterocycles. The van der Waals surface area contributed by atoms with Gasteiger partial charge in [0.2, 0.25) is 0 Å². The summed E-state index contributed by atoms with van der Waals surface area (Å²) in [5.41, 5.74) is -0.380. The van der Waals surface area contributed by atoms with Crippen LogP contribution in [0.1, 0.15) is 20.7 Å². The SMILES string of the molecule is O=C(O)c1ccccc1C(=O)O.[CH]. The Morgan fingerprint density at radius 3 is 1.46 bits per heavy atom. The molecule has 0 aliphatic carbocycles. The molecule has 0 atom stereocenters. The number of carboxylic acid groups (broad SMARTS) is 2. The van der Waals surface area contributed by atoms with E-state index in [0.29, 0.717) is 0 Å². The lowest BCUT2D eigenvalue weighted by molar-refractivity contribution is 0.0651. The zero-order valence-electron chi connectivity index (χ0n) is 6.60. The van der Waals surface area contributed by atoms with Gasteiger partial charge in [0.1, 0.15) is 0 Å². The van der Waals surface area contributed by atoms with E-state index in [1.54, 1.807) is 0 Å². The summed E-state index contributed by atoms with van der Waals surface area (Å²) in [5, 5.41) is 17.1. The van der Waals surface area contributed by atoms with Crippen LogP contribution < -0.4 is 0 Å². The molecular weight excluding hydrogens is 172 g/mol. The van der Waals surface area contributed by atoms with Gasteiger partial charge in [-0.15, -0.1) is 0 Å². The second-order valence-electron chi connectivity index (χ2n) is 2.16. The van der Waals surface area contributed by atoms with Crippen molar-refractivity contribution >= 4 is 11.9 Å². The van der Waals surface area contributed by atoms with Gasteiger partial charge in [-0.05, 0) is 19.6 Å². The first-order valence-electron chi connectivity index (χ1n) is 3.18. The summed E-state index contributed by atoms with van der Waals surface area (Å²) >= 11 is 0. The number of hydrogen-bond donors (Lipinski definition) is 2. The third kappa shape index (κ3) is 2.30. The van der Waals surface area contributed by atoms with Crippen LogP contribution in [0.5, 0.6) is 0 Å². The van der Waals surface area contributed by atoms with Crippen LogP contribution >= 0.6 is 0 Å². The van der Waals surface area contributed by atoms with Crippen LogP contribution in [0.15, 0.2) is 24.3 Å². The standard InChI is InChI=1S/C8H6O4.CH/c9-7(10)5-3-1-2-4-6(5)8(11)12;/h1-4H,(H,9,10)(H,11,12);1H. The number of rotatable bonds is 2. The average Bonchev–Trinajstić information content (AvgIpc) is 2.04. The van der Waals surface area contributed by atoms with Crippen LogP contribution in [0.3, 0.4) is 0 Å². The van der Waals surface area contributed by atoms with E-state index >= 15 is 0 Å². The Balaban J connectivity index is 0.00000144. The summed E-state index contributed by atoms with van der Waals surface area (Å²) in [6, 6.07) is 5.48. The van der Waals surface area contributed by atoms with Gasteiger partial charge in [0.05, 0.1) is 11.1 Å². The Bertz CT molecular complexity index is 297. The normalized spacial score (nSPS) is 8.62. The minimum Gasteiger partial charge on any atom is -0.478 e. The van der Waals surface area contributed by atoms with E-state index in [4.69, 9.17) is 10.2 Å². The van der Waals surface area contributed by atoms with E-state index in [-0.39, 0.29) is 18.6 Å². The van der Waals surface area contributed by atoms with E-state index in [0.717, 1.165) is 0 Å². The van der Waals surface area contributed by atoms with Gasteiger partial charge in [0.15, 0.2) is 0 Å². The van der Waals surface area contributed by atoms with Crippen LogP contribution in [0.2, 0.25) is 0 Å². The fraction of sp³-hybridized carbons (Fsp3) is 0. The second-order valence-corrected chi connectivity index (χ2v) is 2.16. The zero-order chi connectivity index (χ0) is 9.14. The highest BCUT2D eigenvalue weighted by atomic mass is 16.4. The topological polar surface area (TPSA) is 74.6 Å². The molecule has 1 rings (SSSR count). The summed E-state index contributed by atoms with van der Waals surface area (Å²) in [5.74, 6) is -2.46. The van der Waals surface area contributed by atoms with Crippen LogP contribution in [-0.2, 0) is 0 Å². The van der Waals surface area contributed by atoms with Gasteiger partial charge in [0.25, 0.3) is 0 Å². The molecule has 0 bridgehead atoms. The summed E-state index contributed by atoms with van der Waals surface area (Å²) in [7, 11) is 0. The van der Waals surface area contributed by atoms with Gasteiger partial charge in [-0.3, -0.25) is 0 Å². The number of hydrogen-bond acceptors (Lipinski definition) is 2. The van der Waals surface area contributed by atoms with Gasteiger partial charge in [-0.2, -0.15) is 0 Å².